The van der Waals surface area contributed by atoms with Gasteiger partial charge in [-0.25, -0.2) is 9.18 Å². The standard InChI is InChI=1S/C27H35FN4O5/c1-27(2,3)37-26(34)32-12-8-11-21(32)24(33)29-16-19-15-20(28)23(30-25(19)35-4)31-13-14-36-22(17-31)18-9-6-5-7-10-18/h5-7,9-10,15,21-22H,8,11-14,16-17H2,1-4H3,(H,29,33)/t21-,22?/m0/s1. The fourth-order valence-electron chi connectivity index (χ4n) is 4.62. The molecule has 1 aromatic heterocycles. The topological polar surface area (TPSA) is 93.2 Å². The zero-order valence-electron chi connectivity index (χ0n) is 21.8. The number of benzene rings is 1. The van der Waals surface area contributed by atoms with Crippen molar-refractivity contribution in [2.75, 3.05) is 38.3 Å². The normalized spacial score (nSPS) is 20.0. The third-order valence-electron chi connectivity index (χ3n) is 6.36. The number of rotatable bonds is 6. The summed E-state index contributed by atoms with van der Waals surface area (Å²) in [5, 5.41) is 2.81. The monoisotopic (exact) mass is 514 g/mol. The Balaban J connectivity index is 1.43. The number of likely N-dealkylation sites (tertiary alicyclic amines) is 1. The predicted molar refractivity (Wildman–Crippen MR) is 136 cm³/mol. The van der Waals surface area contributed by atoms with Crippen molar-refractivity contribution in [2.45, 2.75) is 57.9 Å². The summed E-state index contributed by atoms with van der Waals surface area (Å²) in [7, 11) is 1.46. The Bertz CT molecular complexity index is 1110. The third-order valence-corrected chi connectivity index (χ3v) is 6.36. The molecule has 4 rings (SSSR count). The first-order valence-electron chi connectivity index (χ1n) is 12.6. The van der Waals surface area contributed by atoms with Gasteiger partial charge in [-0.15, -0.1) is 0 Å². The summed E-state index contributed by atoms with van der Waals surface area (Å²) in [6, 6.07) is 10.5. The highest BCUT2D eigenvalue weighted by Gasteiger charge is 2.36. The van der Waals surface area contributed by atoms with Crippen molar-refractivity contribution in [3.63, 3.8) is 0 Å². The molecule has 0 saturated carbocycles. The van der Waals surface area contributed by atoms with Crippen LogP contribution in [0.2, 0.25) is 0 Å². The first kappa shape index (κ1) is 26.7. The fourth-order valence-corrected chi connectivity index (χ4v) is 4.62. The van der Waals surface area contributed by atoms with Crippen LogP contribution < -0.4 is 15.0 Å². The van der Waals surface area contributed by atoms with Gasteiger partial charge in [-0.3, -0.25) is 9.69 Å². The Labute approximate surface area is 216 Å². The summed E-state index contributed by atoms with van der Waals surface area (Å²) in [5.41, 5.74) is 0.777. The van der Waals surface area contributed by atoms with Gasteiger partial charge in [-0.1, -0.05) is 30.3 Å². The van der Waals surface area contributed by atoms with E-state index in [0.717, 1.165) is 5.56 Å². The van der Waals surface area contributed by atoms with Gasteiger partial charge < -0.3 is 24.4 Å². The Morgan fingerprint density at radius 2 is 1.97 bits per heavy atom. The van der Waals surface area contributed by atoms with Gasteiger partial charge in [0.25, 0.3) is 0 Å². The molecule has 2 aliphatic rings. The molecule has 0 aliphatic carbocycles. The molecule has 0 spiro atoms. The van der Waals surface area contributed by atoms with Gasteiger partial charge >= 0.3 is 6.09 Å². The van der Waals surface area contributed by atoms with E-state index in [-0.39, 0.29) is 30.3 Å². The Morgan fingerprint density at radius 1 is 1.22 bits per heavy atom. The number of ether oxygens (including phenoxy) is 3. The van der Waals surface area contributed by atoms with Crippen LogP contribution >= 0.6 is 0 Å². The maximum atomic E-state index is 15.2. The SMILES string of the molecule is COc1nc(N2CCOC(c3ccccc3)C2)c(F)cc1CNC(=O)[C@@H]1CCCN1C(=O)OC(C)(C)C. The number of morpholine rings is 1. The van der Waals surface area contributed by atoms with Crippen molar-refractivity contribution in [3.8, 4) is 5.88 Å². The number of hydrogen-bond acceptors (Lipinski definition) is 7. The van der Waals surface area contributed by atoms with Gasteiger partial charge in [-0.05, 0) is 45.2 Å². The Morgan fingerprint density at radius 3 is 2.68 bits per heavy atom. The Kier molecular flexibility index (Phi) is 8.16. The summed E-state index contributed by atoms with van der Waals surface area (Å²) < 4.78 is 32.0. The third kappa shape index (κ3) is 6.49. The van der Waals surface area contributed by atoms with Crippen LogP contribution in [0.5, 0.6) is 5.88 Å². The molecule has 2 aromatic rings. The summed E-state index contributed by atoms with van der Waals surface area (Å²) >= 11 is 0. The van der Waals surface area contributed by atoms with Crippen molar-refractivity contribution in [1.29, 1.82) is 0 Å². The van der Waals surface area contributed by atoms with Crippen molar-refractivity contribution >= 4 is 17.8 Å². The number of anilines is 1. The number of nitrogens with zero attached hydrogens (tertiary/aromatic N) is 3. The van der Waals surface area contributed by atoms with Crippen molar-refractivity contribution in [3.05, 3.63) is 53.3 Å². The molecule has 3 heterocycles. The van der Waals surface area contributed by atoms with E-state index in [9.17, 15) is 9.59 Å². The second kappa shape index (κ2) is 11.3. The molecule has 200 valence electrons. The van der Waals surface area contributed by atoms with E-state index in [2.05, 4.69) is 10.3 Å². The molecule has 2 fully saturated rings. The molecule has 0 radical (unpaired) electrons. The molecule has 0 bridgehead atoms. The van der Waals surface area contributed by atoms with Gasteiger partial charge in [0.2, 0.25) is 11.8 Å². The molecule has 10 heteroatoms. The number of carbonyl (C=O) groups is 2. The van der Waals surface area contributed by atoms with Crippen LogP contribution in [0.1, 0.15) is 50.8 Å². The van der Waals surface area contributed by atoms with E-state index in [1.165, 1.54) is 18.1 Å². The molecule has 1 N–H and O–H groups in total. The zero-order chi connectivity index (χ0) is 26.6. The molecular formula is C27H35FN4O5. The molecule has 2 atom stereocenters. The van der Waals surface area contributed by atoms with Crippen LogP contribution in [0.25, 0.3) is 0 Å². The summed E-state index contributed by atoms with van der Waals surface area (Å²) in [5.74, 6) is -0.415. The van der Waals surface area contributed by atoms with Crippen LogP contribution in [0.15, 0.2) is 36.4 Å². The van der Waals surface area contributed by atoms with E-state index in [1.54, 1.807) is 20.8 Å². The number of hydrogen-bond donors (Lipinski definition) is 1. The predicted octanol–water partition coefficient (Wildman–Crippen LogP) is 3.82. The van der Waals surface area contributed by atoms with E-state index >= 15 is 4.39 Å². The lowest BCUT2D eigenvalue weighted by Crippen LogP contribution is -2.47. The highest BCUT2D eigenvalue weighted by molar-refractivity contribution is 5.86. The Hall–Kier alpha value is -3.40. The highest BCUT2D eigenvalue weighted by Crippen LogP contribution is 2.30. The largest absolute Gasteiger partial charge is 0.481 e. The van der Waals surface area contributed by atoms with Gasteiger partial charge in [0.1, 0.15) is 17.7 Å². The molecule has 2 aliphatic heterocycles. The van der Waals surface area contributed by atoms with Crippen LogP contribution in [0, 0.1) is 5.82 Å². The van der Waals surface area contributed by atoms with Crippen LogP contribution in [-0.4, -0.2) is 66.9 Å². The second-order valence-corrected chi connectivity index (χ2v) is 10.2. The van der Waals surface area contributed by atoms with Crippen molar-refractivity contribution < 1.29 is 28.2 Å². The van der Waals surface area contributed by atoms with E-state index in [0.29, 0.717) is 44.6 Å². The van der Waals surface area contributed by atoms with Crippen LogP contribution in [-0.2, 0) is 20.8 Å². The lowest BCUT2D eigenvalue weighted by atomic mass is 10.1. The number of halogens is 1. The molecule has 37 heavy (non-hydrogen) atoms. The quantitative estimate of drug-likeness (QED) is 0.626. The lowest BCUT2D eigenvalue weighted by Gasteiger charge is -2.34. The zero-order valence-corrected chi connectivity index (χ0v) is 21.8. The average Bonchev–Trinajstić information content (AvgIpc) is 3.37. The summed E-state index contributed by atoms with van der Waals surface area (Å²) in [6.07, 6.45) is 0.530. The highest BCUT2D eigenvalue weighted by atomic mass is 19.1. The van der Waals surface area contributed by atoms with Gasteiger partial charge in [-0.2, -0.15) is 4.98 Å². The minimum absolute atomic E-state index is 0.0145. The van der Waals surface area contributed by atoms with Crippen LogP contribution in [0.3, 0.4) is 0 Å². The van der Waals surface area contributed by atoms with Crippen molar-refractivity contribution in [2.24, 2.45) is 0 Å². The molecule has 2 amide bonds. The minimum atomic E-state index is -0.652. The first-order chi connectivity index (χ1) is 17.7. The maximum Gasteiger partial charge on any atom is 0.410 e. The number of methoxy groups -OCH3 is 1. The van der Waals surface area contributed by atoms with Crippen molar-refractivity contribution in [1.82, 2.24) is 15.2 Å². The average molecular weight is 515 g/mol. The molecule has 2 saturated heterocycles. The minimum Gasteiger partial charge on any atom is -0.481 e. The molecule has 1 aromatic carbocycles. The number of pyridine rings is 1. The number of nitrogens with one attached hydrogen (secondary N) is 1. The molecule has 1 unspecified atom stereocenters. The maximum absolute atomic E-state index is 15.2. The second-order valence-electron chi connectivity index (χ2n) is 10.2. The van der Waals surface area contributed by atoms with E-state index < -0.39 is 23.6 Å². The van der Waals surface area contributed by atoms with E-state index in [4.69, 9.17) is 14.2 Å². The first-order valence-corrected chi connectivity index (χ1v) is 12.6. The summed E-state index contributed by atoms with van der Waals surface area (Å²) in [4.78, 5) is 33.2. The molecular weight excluding hydrogens is 479 g/mol. The molecule has 9 nitrogen and oxygen atoms in total. The number of aromatic nitrogens is 1. The van der Waals surface area contributed by atoms with Gasteiger partial charge in [0.15, 0.2) is 11.6 Å². The lowest BCUT2D eigenvalue weighted by molar-refractivity contribution is -0.125. The smallest absolute Gasteiger partial charge is 0.410 e. The number of amides is 2. The summed E-state index contributed by atoms with van der Waals surface area (Å²) in [6.45, 7) is 7.20. The fraction of sp³-hybridized carbons (Fsp3) is 0.519. The van der Waals surface area contributed by atoms with E-state index in [1.807, 2.05) is 35.2 Å². The number of carbonyl (C=O) groups excluding carboxylic acids is 2. The van der Waals surface area contributed by atoms with Crippen LogP contribution in [0.4, 0.5) is 15.0 Å². The van der Waals surface area contributed by atoms with Gasteiger partial charge in [0.05, 0.1) is 13.7 Å². The van der Waals surface area contributed by atoms with Gasteiger partial charge in [0, 0.05) is 31.7 Å².